The lowest BCUT2D eigenvalue weighted by atomic mass is 10.0. The molecule has 1 aliphatic rings. The van der Waals surface area contributed by atoms with Crippen molar-refractivity contribution >= 4 is 5.97 Å². The minimum absolute atomic E-state index is 0.132. The first kappa shape index (κ1) is 22.5. The molecule has 0 N–H and O–H groups in total. The maximum absolute atomic E-state index is 11.7. The van der Waals surface area contributed by atoms with Crippen LogP contribution in [0.5, 0.6) is 0 Å². The van der Waals surface area contributed by atoms with Gasteiger partial charge in [-0.2, -0.15) is 0 Å². The van der Waals surface area contributed by atoms with Crippen LogP contribution in [0.25, 0.3) is 0 Å². The topological polar surface area (TPSA) is 38.8 Å². The third-order valence-corrected chi connectivity index (χ3v) is 4.97. The Morgan fingerprint density at radius 3 is 1.80 bits per heavy atom. The number of rotatable bonds is 17. The maximum Gasteiger partial charge on any atom is 0.338 e. The summed E-state index contributed by atoms with van der Waals surface area (Å²) in [5, 5.41) is 0. The number of unbranched alkanes of at least 4 members (excludes halogenated alkanes) is 12. The molecule has 0 aromatic heterocycles. The molecule has 1 rings (SSSR count). The smallest absolute Gasteiger partial charge is 0.338 e. The fourth-order valence-electron chi connectivity index (χ4n) is 3.26. The standard InChI is InChI=1S/C22H42O3/c1-4-5-6-7-8-9-10-11-12-13-14-15-16-17-20-21(25-20)22(23)24-18-19(2)3/h19-21H,4-18H2,1-3H3. The van der Waals surface area contributed by atoms with E-state index in [1.807, 2.05) is 13.8 Å². The zero-order valence-corrected chi connectivity index (χ0v) is 17.1. The number of carbonyl (C=O) groups is 1. The van der Waals surface area contributed by atoms with Crippen molar-refractivity contribution in [2.45, 2.75) is 123 Å². The van der Waals surface area contributed by atoms with E-state index in [1.165, 1.54) is 83.5 Å². The quantitative estimate of drug-likeness (QED) is 0.171. The van der Waals surface area contributed by atoms with Gasteiger partial charge in [-0.05, 0) is 12.3 Å². The predicted molar refractivity (Wildman–Crippen MR) is 105 cm³/mol. The SMILES string of the molecule is CCCCCCCCCCCCCCCC1OC1C(=O)OCC(C)C. The third kappa shape index (κ3) is 12.4. The summed E-state index contributed by atoms with van der Waals surface area (Å²) in [4.78, 5) is 11.7. The van der Waals surface area contributed by atoms with E-state index in [1.54, 1.807) is 0 Å². The van der Waals surface area contributed by atoms with Gasteiger partial charge in [-0.15, -0.1) is 0 Å². The molecule has 1 heterocycles. The van der Waals surface area contributed by atoms with Crippen LogP contribution in [0.1, 0.15) is 111 Å². The molecule has 1 saturated heterocycles. The van der Waals surface area contributed by atoms with E-state index in [0.717, 1.165) is 6.42 Å². The molecule has 0 saturated carbocycles. The summed E-state index contributed by atoms with van der Waals surface area (Å²) in [6, 6.07) is 0. The molecule has 0 amide bonds. The van der Waals surface area contributed by atoms with Crippen molar-refractivity contribution in [3.8, 4) is 0 Å². The fourth-order valence-corrected chi connectivity index (χ4v) is 3.26. The van der Waals surface area contributed by atoms with E-state index in [0.29, 0.717) is 12.5 Å². The molecule has 0 aliphatic carbocycles. The van der Waals surface area contributed by atoms with Gasteiger partial charge in [0.2, 0.25) is 0 Å². The molecule has 0 aromatic rings. The molecule has 2 unspecified atom stereocenters. The summed E-state index contributed by atoms with van der Waals surface area (Å²) < 4.78 is 10.7. The van der Waals surface area contributed by atoms with Crippen LogP contribution in [0, 0.1) is 5.92 Å². The van der Waals surface area contributed by atoms with Crippen molar-refractivity contribution in [2.24, 2.45) is 5.92 Å². The van der Waals surface area contributed by atoms with Crippen molar-refractivity contribution in [1.82, 2.24) is 0 Å². The van der Waals surface area contributed by atoms with Crippen LogP contribution in [0.4, 0.5) is 0 Å². The Hall–Kier alpha value is -0.570. The van der Waals surface area contributed by atoms with Crippen LogP contribution in [0.3, 0.4) is 0 Å². The molecule has 1 fully saturated rings. The highest BCUT2D eigenvalue weighted by Gasteiger charge is 2.45. The second kappa shape index (κ2) is 14.6. The molecule has 0 aromatic carbocycles. The number of carbonyl (C=O) groups excluding carboxylic acids is 1. The molecule has 3 nitrogen and oxygen atoms in total. The number of hydrogen-bond donors (Lipinski definition) is 0. The molecule has 2 atom stereocenters. The lowest BCUT2D eigenvalue weighted by Gasteiger charge is -2.05. The van der Waals surface area contributed by atoms with E-state index in [2.05, 4.69) is 6.92 Å². The molecule has 25 heavy (non-hydrogen) atoms. The van der Waals surface area contributed by atoms with Crippen molar-refractivity contribution in [3.63, 3.8) is 0 Å². The highest BCUT2D eigenvalue weighted by Crippen LogP contribution is 2.28. The Morgan fingerprint density at radius 2 is 1.32 bits per heavy atom. The van der Waals surface area contributed by atoms with Gasteiger partial charge < -0.3 is 9.47 Å². The summed E-state index contributed by atoms with van der Waals surface area (Å²) in [6.45, 7) is 6.88. The van der Waals surface area contributed by atoms with E-state index in [9.17, 15) is 4.79 Å². The van der Waals surface area contributed by atoms with Crippen LogP contribution in [0.15, 0.2) is 0 Å². The summed E-state index contributed by atoms with van der Waals surface area (Å²) in [5.74, 6) is 0.232. The largest absolute Gasteiger partial charge is 0.463 e. The van der Waals surface area contributed by atoms with Gasteiger partial charge >= 0.3 is 5.97 Å². The normalized spacial score (nSPS) is 19.4. The summed E-state index contributed by atoms with van der Waals surface area (Å²) in [6.07, 6.45) is 18.7. The van der Waals surface area contributed by atoms with Gasteiger partial charge in [0.1, 0.15) is 0 Å². The number of epoxide rings is 1. The number of ether oxygens (including phenoxy) is 2. The molecule has 1 aliphatic heterocycles. The van der Waals surface area contributed by atoms with Crippen molar-refractivity contribution < 1.29 is 14.3 Å². The first-order chi connectivity index (χ1) is 12.1. The average molecular weight is 355 g/mol. The van der Waals surface area contributed by atoms with Crippen LogP contribution in [-0.4, -0.2) is 24.8 Å². The van der Waals surface area contributed by atoms with Gasteiger partial charge in [0, 0.05) is 0 Å². The molecule has 3 heteroatoms. The molecule has 0 bridgehead atoms. The zero-order chi connectivity index (χ0) is 18.3. The fraction of sp³-hybridized carbons (Fsp3) is 0.955. The van der Waals surface area contributed by atoms with Crippen LogP contribution < -0.4 is 0 Å². The van der Waals surface area contributed by atoms with Crippen LogP contribution >= 0.6 is 0 Å². The minimum atomic E-state index is -0.268. The van der Waals surface area contributed by atoms with Crippen molar-refractivity contribution in [1.29, 1.82) is 0 Å². The van der Waals surface area contributed by atoms with Crippen molar-refractivity contribution in [2.75, 3.05) is 6.61 Å². The highest BCUT2D eigenvalue weighted by atomic mass is 16.6. The average Bonchev–Trinajstić information content (AvgIpc) is 3.36. The third-order valence-electron chi connectivity index (χ3n) is 4.97. The van der Waals surface area contributed by atoms with Gasteiger partial charge in [0.15, 0.2) is 6.10 Å². The molecular weight excluding hydrogens is 312 g/mol. The molecule has 0 spiro atoms. The van der Waals surface area contributed by atoms with E-state index in [-0.39, 0.29) is 18.2 Å². The second-order valence-corrected chi connectivity index (χ2v) is 8.15. The first-order valence-corrected chi connectivity index (χ1v) is 11.0. The van der Waals surface area contributed by atoms with Gasteiger partial charge in [0.05, 0.1) is 12.7 Å². The summed E-state index contributed by atoms with van der Waals surface area (Å²) in [5.41, 5.74) is 0. The van der Waals surface area contributed by atoms with Crippen LogP contribution in [0.2, 0.25) is 0 Å². The summed E-state index contributed by atoms with van der Waals surface area (Å²) in [7, 11) is 0. The maximum atomic E-state index is 11.7. The Balaban J connectivity index is 1.78. The van der Waals surface area contributed by atoms with Gasteiger partial charge in [0.25, 0.3) is 0 Å². The second-order valence-electron chi connectivity index (χ2n) is 8.15. The molecular formula is C22H42O3. The Bertz CT molecular complexity index is 327. The van der Waals surface area contributed by atoms with E-state index < -0.39 is 0 Å². The highest BCUT2D eigenvalue weighted by molar-refractivity contribution is 5.77. The number of esters is 1. The van der Waals surface area contributed by atoms with Crippen LogP contribution in [-0.2, 0) is 14.3 Å². The Morgan fingerprint density at radius 1 is 0.840 bits per heavy atom. The molecule has 148 valence electrons. The Labute approximate surface area is 156 Å². The van der Waals surface area contributed by atoms with Gasteiger partial charge in [-0.3, -0.25) is 0 Å². The lowest BCUT2D eigenvalue weighted by Crippen LogP contribution is -2.17. The minimum Gasteiger partial charge on any atom is -0.463 e. The molecule has 0 radical (unpaired) electrons. The summed E-state index contributed by atoms with van der Waals surface area (Å²) >= 11 is 0. The Kier molecular flexibility index (Phi) is 13.1. The predicted octanol–water partition coefficient (Wildman–Crippen LogP) is 6.43. The zero-order valence-electron chi connectivity index (χ0n) is 17.1. The monoisotopic (exact) mass is 354 g/mol. The van der Waals surface area contributed by atoms with Gasteiger partial charge in [-0.25, -0.2) is 4.79 Å². The lowest BCUT2D eigenvalue weighted by molar-refractivity contribution is -0.146. The first-order valence-electron chi connectivity index (χ1n) is 11.0. The van der Waals surface area contributed by atoms with Gasteiger partial charge in [-0.1, -0.05) is 104 Å². The van der Waals surface area contributed by atoms with E-state index >= 15 is 0 Å². The van der Waals surface area contributed by atoms with E-state index in [4.69, 9.17) is 9.47 Å². The number of hydrogen-bond acceptors (Lipinski definition) is 3. The van der Waals surface area contributed by atoms with Crippen molar-refractivity contribution in [3.05, 3.63) is 0 Å².